The van der Waals surface area contributed by atoms with Crippen LogP contribution < -0.4 is 14.5 Å². The topological polar surface area (TPSA) is 33.5 Å². The molecule has 3 heterocycles. The summed E-state index contributed by atoms with van der Waals surface area (Å²) < 4.78 is 9.05. The quantitative estimate of drug-likeness (QED) is 0.128. The number of anilines is 2. The molecule has 9 aromatic rings. The minimum atomic E-state index is -0.231. The van der Waals surface area contributed by atoms with E-state index in [9.17, 15) is 0 Å². The van der Waals surface area contributed by atoms with Crippen LogP contribution in [0.15, 0.2) is 188 Å². The van der Waals surface area contributed by atoms with Gasteiger partial charge in [0.25, 0.3) is 0 Å². The van der Waals surface area contributed by atoms with E-state index < -0.39 is 0 Å². The Labute approximate surface area is 404 Å². The molecule has 10 rings (SSSR count). The Morgan fingerprint density at radius 1 is 0.530 bits per heavy atom. The molecule has 0 radical (unpaired) electrons. The molecule has 6 heteroatoms. The maximum Gasteiger partial charge on any atom is 0.135 e. The third kappa shape index (κ3) is 8.38. The normalized spacial score (nSPS) is 13.2. The zero-order valence-electron chi connectivity index (χ0n) is 38.5. The fourth-order valence-corrected chi connectivity index (χ4v) is 9.04. The summed E-state index contributed by atoms with van der Waals surface area (Å²) in [4.78, 5) is 9.41. The fraction of sp³-hybridized carbons (Fsp3) is 0.167. The average molecular weight is 1040 g/mol. The number of hydrogen-bond donors (Lipinski definition) is 0. The molecule has 0 bridgehead atoms. The molecule has 0 atom stereocenters. The van der Waals surface area contributed by atoms with Crippen molar-refractivity contribution in [1.29, 1.82) is 0 Å². The van der Waals surface area contributed by atoms with E-state index in [0.29, 0.717) is 11.5 Å². The van der Waals surface area contributed by atoms with E-state index in [0.717, 1.165) is 55.8 Å². The van der Waals surface area contributed by atoms with E-state index in [1.54, 1.807) is 0 Å². The molecule has 1 aliphatic heterocycles. The van der Waals surface area contributed by atoms with Crippen molar-refractivity contribution in [3.05, 3.63) is 241 Å². The van der Waals surface area contributed by atoms with Crippen molar-refractivity contribution in [1.82, 2.24) is 9.55 Å². The zero-order valence-corrected chi connectivity index (χ0v) is 40.8. The smallest absolute Gasteiger partial charge is 0.135 e. The van der Waals surface area contributed by atoms with Gasteiger partial charge in [0.15, 0.2) is 0 Å². The minimum Gasteiger partial charge on any atom is -0.509 e. The van der Waals surface area contributed by atoms with Crippen LogP contribution in [0, 0.1) is 18.8 Å². The molecule has 0 amide bonds. The van der Waals surface area contributed by atoms with Gasteiger partial charge < -0.3 is 19.1 Å². The molecular formula is C60H53N4OPt-3. The van der Waals surface area contributed by atoms with E-state index in [2.05, 4.69) is 258 Å². The molecule has 66 heavy (non-hydrogen) atoms. The third-order valence-corrected chi connectivity index (χ3v) is 13.1. The van der Waals surface area contributed by atoms with Gasteiger partial charge in [-0.05, 0) is 75.2 Å². The summed E-state index contributed by atoms with van der Waals surface area (Å²) in [6, 6.07) is 69.5. The molecule has 0 saturated heterocycles. The van der Waals surface area contributed by atoms with Crippen LogP contribution in [0.4, 0.5) is 11.4 Å². The number of para-hydroxylation sites is 1. The van der Waals surface area contributed by atoms with Gasteiger partial charge in [-0.25, -0.2) is 4.98 Å². The molecular weight excluding hydrogens is 988 g/mol. The van der Waals surface area contributed by atoms with E-state index in [-0.39, 0.29) is 37.3 Å². The Bertz CT molecular complexity index is 3200. The Hall–Kier alpha value is -6.68. The van der Waals surface area contributed by atoms with Crippen LogP contribution in [0.2, 0.25) is 0 Å². The first-order valence-electron chi connectivity index (χ1n) is 22.4. The molecule has 7 aromatic carbocycles. The number of nitrogens with zero attached hydrogens (tertiary/aromatic N) is 4. The van der Waals surface area contributed by atoms with Gasteiger partial charge in [0.1, 0.15) is 5.82 Å². The summed E-state index contributed by atoms with van der Waals surface area (Å²) in [5, 5.41) is 2.21. The molecule has 0 saturated carbocycles. The van der Waals surface area contributed by atoms with Gasteiger partial charge in [-0.2, -0.15) is 6.07 Å². The van der Waals surface area contributed by atoms with E-state index >= 15 is 0 Å². The van der Waals surface area contributed by atoms with Crippen LogP contribution in [0.1, 0.15) is 81.8 Å². The van der Waals surface area contributed by atoms with Crippen molar-refractivity contribution in [3.63, 3.8) is 0 Å². The van der Waals surface area contributed by atoms with Crippen LogP contribution in [0.5, 0.6) is 11.5 Å². The maximum atomic E-state index is 6.84. The van der Waals surface area contributed by atoms with Gasteiger partial charge in [0.2, 0.25) is 0 Å². The van der Waals surface area contributed by atoms with Gasteiger partial charge >= 0.3 is 0 Å². The molecule has 0 aliphatic carbocycles. The van der Waals surface area contributed by atoms with Gasteiger partial charge in [0, 0.05) is 66.5 Å². The summed E-state index contributed by atoms with van der Waals surface area (Å²) in [6.45, 7) is 18.0. The van der Waals surface area contributed by atoms with Crippen molar-refractivity contribution >= 4 is 38.9 Å². The third-order valence-electron chi connectivity index (χ3n) is 13.1. The summed E-state index contributed by atoms with van der Waals surface area (Å²) >= 11 is 0. The summed E-state index contributed by atoms with van der Waals surface area (Å²) in [7, 11) is 0. The molecule has 2 aromatic heterocycles. The van der Waals surface area contributed by atoms with Crippen LogP contribution in [0.25, 0.3) is 33.3 Å². The van der Waals surface area contributed by atoms with E-state index in [1.807, 2.05) is 12.3 Å². The number of rotatable bonds is 10. The monoisotopic (exact) mass is 1040 g/mol. The van der Waals surface area contributed by atoms with Crippen LogP contribution in [0.3, 0.4) is 0 Å². The van der Waals surface area contributed by atoms with Crippen molar-refractivity contribution in [3.8, 4) is 17.3 Å². The van der Waals surface area contributed by atoms with Crippen LogP contribution in [-0.4, -0.2) is 9.55 Å². The average Bonchev–Trinajstić information content (AvgIpc) is 3.92. The molecule has 0 fully saturated rings. The summed E-state index contributed by atoms with van der Waals surface area (Å²) in [5.74, 6) is 2.04. The van der Waals surface area contributed by atoms with Crippen molar-refractivity contribution < 1.29 is 25.8 Å². The molecule has 0 spiro atoms. The predicted octanol–water partition coefficient (Wildman–Crippen LogP) is 15.0. The Morgan fingerprint density at radius 3 is 1.83 bits per heavy atom. The van der Waals surface area contributed by atoms with E-state index in [1.165, 1.54) is 22.3 Å². The standard InChI is InChI=1S/C60H53N4O.Pt/c1-58(2,3)47-35-49(62-40-56(42-20-11-8-12-21-42)63(41-62)48-27-19-26-45(34-48)59(4,5)43-22-13-9-14-23-43)38-51(36-47)65-50-30-31-53-52-28-17-18-29-54(52)64(55(53)39-50)57-37-46(32-33-61-57)60(6,7)44-24-15-10-16-25-44;/h8-37,40-41H,1-7H3;/q-3;. The Morgan fingerprint density at radius 2 is 1.15 bits per heavy atom. The van der Waals surface area contributed by atoms with Gasteiger partial charge in [-0.3, -0.25) is 0 Å². The van der Waals surface area contributed by atoms with Crippen LogP contribution >= 0.6 is 0 Å². The fourth-order valence-electron chi connectivity index (χ4n) is 9.04. The number of fused-ring (bicyclic) bond motifs is 3. The molecule has 0 N–H and O–H groups in total. The molecule has 5 nitrogen and oxygen atoms in total. The van der Waals surface area contributed by atoms with E-state index in [4.69, 9.17) is 9.72 Å². The van der Waals surface area contributed by atoms with Crippen molar-refractivity contribution in [2.24, 2.45) is 0 Å². The first-order valence-corrected chi connectivity index (χ1v) is 22.4. The number of hydrogen-bond acceptors (Lipinski definition) is 4. The minimum absolute atomic E-state index is 0. The van der Waals surface area contributed by atoms with Crippen LogP contribution in [-0.2, 0) is 37.3 Å². The van der Waals surface area contributed by atoms with Gasteiger partial charge in [0.05, 0.1) is 0 Å². The second kappa shape index (κ2) is 17.6. The predicted molar refractivity (Wildman–Crippen MR) is 269 cm³/mol. The first kappa shape index (κ1) is 44.5. The molecule has 332 valence electrons. The second-order valence-corrected chi connectivity index (χ2v) is 19.1. The first-order chi connectivity index (χ1) is 31.3. The maximum absolute atomic E-state index is 6.84. The largest absolute Gasteiger partial charge is 0.509 e. The Kier molecular flexibility index (Phi) is 11.9. The van der Waals surface area contributed by atoms with Crippen molar-refractivity contribution in [2.75, 3.05) is 9.80 Å². The molecule has 0 unspecified atom stereocenters. The number of benzene rings is 7. The molecule has 1 aliphatic rings. The number of aromatic nitrogens is 2. The summed E-state index contributed by atoms with van der Waals surface area (Å²) in [5.41, 5.74) is 11.6. The number of ether oxygens (including phenoxy) is 1. The summed E-state index contributed by atoms with van der Waals surface area (Å²) in [6.07, 6.45) is 4.12. The van der Waals surface area contributed by atoms with Gasteiger partial charge in [-0.1, -0.05) is 175 Å². The van der Waals surface area contributed by atoms with Gasteiger partial charge in [-0.15, -0.1) is 53.6 Å². The Balaban J connectivity index is 0.00000548. The van der Waals surface area contributed by atoms with Crippen molar-refractivity contribution in [2.45, 2.75) is 64.7 Å². The zero-order chi connectivity index (χ0) is 44.9. The second-order valence-electron chi connectivity index (χ2n) is 19.1. The SMILES string of the molecule is CC(C)(C)c1cc(Oc2[c-]c3c(cc2)c2ccccc2n3-c2cc(C(C)(C)c3ccccc3)ccn2)[c-]c(N2C=C(c3ccccc3)N(c3cccc(C(C)(C)c4ccccc4)c3)[CH-]2)c1.[Pt]. The number of pyridine rings is 1.